The third kappa shape index (κ3) is 2.57. The normalized spacial score (nSPS) is 18.9. The van der Waals surface area contributed by atoms with Crippen molar-refractivity contribution < 1.29 is 0 Å². The quantitative estimate of drug-likeness (QED) is 0.646. The number of rotatable bonds is 3. The van der Waals surface area contributed by atoms with Crippen LogP contribution in [0.3, 0.4) is 0 Å². The summed E-state index contributed by atoms with van der Waals surface area (Å²) in [5, 5.41) is 2.46. The van der Waals surface area contributed by atoms with E-state index in [9.17, 15) is 0 Å². The largest absolute Gasteiger partial charge is 0.0922 e. The van der Waals surface area contributed by atoms with Crippen molar-refractivity contribution in [2.75, 3.05) is 5.33 Å². The van der Waals surface area contributed by atoms with Gasteiger partial charge < -0.3 is 0 Å². The molecule has 0 aliphatic heterocycles. The highest BCUT2D eigenvalue weighted by Crippen LogP contribution is 2.43. The van der Waals surface area contributed by atoms with Gasteiger partial charge in [0.25, 0.3) is 0 Å². The first-order chi connectivity index (χ1) is 7.67. The minimum absolute atomic E-state index is 0.397. The van der Waals surface area contributed by atoms with Gasteiger partial charge in [-0.1, -0.05) is 64.1 Å². The Labute approximate surface area is 115 Å². The molecule has 1 aromatic carbocycles. The van der Waals surface area contributed by atoms with E-state index in [4.69, 9.17) is 23.2 Å². The van der Waals surface area contributed by atoms with Crippen LogP contribution in [0, 0.1) is 5.41 Å². The second-order valence-corrected chi connectivity index (χ2v) is 6.08. The number of halogens is 3. The molecule has 0 bridgehead atoms. The number of hydrogen-bond donors (Lipinski definition) is 0. The molecule has 0 atom stereocenters. The summed E-state index contributed by atoms with van der Waals surface area (Å²) in [6, 6.07) is 5.93. The molecular weight excluding hydrogens is 307 g/mol. The summed E-state index contributed by atoms with van der Waals surface area (Å²) in [6.07, 6.45) is 6.30. The highest BCUT2D eigenvalue weighted by molar-refractivity contribution is 9.09. The second-order valence-electron chi connectivity index (χ2n) is 4.73. The molecule has 88 valence electrons. The zero-order valence-corrected chi connectivity index (χ0v) is 12.2. The van der Waals surface area contributed by atoms with Gasteiger partial charge in [0.05, 0.1) is 10.0 Å². The summed E-state index contributed by atoms with van der Waals surface area (Å²) in [5.41, 5.74) is 1.59. The van der Waals surface area contributed by atoms with Gasteiger partial charge in [-0.2, -0.15) is 0 Å². The lowest BCUT2D eigenvalue weighted by Crippen LogP contribution is -2.21. The monoisotopic (exact) mass is 320 g/mol. The minimum atomic E-state index is 0.397. The third-order valence-corrected chi connectivity index (χ3v) is 5.59. The van der Waals surface area contributed by atoms with Crippen LogP contribution in [0.1, 0.15) is 31.2 Å². The molecule has 0 nitrogen and oxygen atoms in total. The van der Waals surface area contributed by atoms with Gasteiger partial charge in [0.2, 0.25) is 0 Å². The maximum Gasteiger partial charge on any atom is 0.0624 e. The Morgan fingerprint density at radius 1 is 1.19 bits per heavy atom. The number of alkyl halides is 1. The van der Waals surface area contributed by atoms with Crippen LogP contribution < -0.4 is 0 Å². The molecule has 0 radical (unpaired) electrons. The van der Waals surface area contributed by atoms with Crippen molar-refractivity contribution in [1.82, 2.24) is 0 Å². The van der Waals surface area contributed by atoms with Crippen molar-refractivity contribution in [2.24, 2.45) is 5.41 Å². The predicted molar refractivity (Wildman–Crippen MR) is 74.9 cm³/mol. The highest BCUT2D eigenvalue weighted by atomic mass is 79.9. The van der Waals surface area contributed by atoms with Crippen LogP contribution in [0.4, 0.5) is 0 Å². The van der Waals surface area contributed by atoms with E-state index in [1.807, 2.05) is 12.1 Å². The molecule has 0 N–H and O–H groups in total. The van der Waals surface area contributed by atoms with Crippen LogP contribution in [0.15, 0.2) is 18.2 Å². The Bertz CT molecular complexity index is 370. The average Bonchev–Trinajstić information content (AvgIpc) is 2.74. The summed E-state index contributed by atoms with van der Waals surface area (Å²) in [7, 11) is 0. The zero-order valence-electron chi connectivity index (χ0n) is 9.11. The van der Waals surface area contributed by atoms with E-state index >= 15 is 0 Å². The van der Waals surface area contributed by atoms with E-state index in [1.54, 1.807) is 0 Å². The summed E-state index contributed by atoms with van der Waals surface area (Å²) in [6.45, 7) is 0. The van der Waals surface area contributed by atoms with E-state index in [-0.39, 0.29) is 0 Å². The van der Waals surface area contributed by atoms with Gasteiger partial charge in [-0.3, -0.25) is 0 Å². The highest BCUT2D eigenvalue weighted by Gasteiger charge is 2.33. The standard InChI is InChI=1S/C13H15BrCl2/c14-9-13(6-1-2-7-13)8-10-4-3-5-11(15)12(10)16/h3-5H,1-2,6-9H2. The Balaban J connectivity index is 2.22. The third-order valence-electron chi connectivity index (χ3n) is 3.54. The van der Waals surface area contributed by atoms with E-state index in [0.29, 0.717) is 10.4 Å². The molecule has 0 amide bonds. The Morgan fingerprint density at radius 3 is 2.50 bits per heavy atom. The zero-order chi connectivity index (χ0) is 11.6. The molecule has 0 heterocycles. The molecule has 1 aliphatic carbocycles. The van der Waals surface area contributed by atoms with Crippen LogP contribution in [0.25, 0.3) is 0 Å². The summed E-state index contributed by atoms with van der Waals surface area (Å²) in [4.78, 5) is 0. The molecule has 16 heavy (non-hydrogen) atoms. The number of benzene rings is 1. The molecule has 0 aromatic heterocycles. The van der Waals surface area contributed by atoms with E-state index < -0.39 is 0 Å². The molecule has 1 fully saturated rings. The van der Waals surface area contributed by atoms with Gasteiger partial charge in [-0.25, -0.2) is 0 Å². The van der Waals surface area contributed by atoms with Crippen LogP contribution in [0.5, 0.6) is 0 Å². The molecule has 0 spiro atoms. The maximum absolute atomic E-state index is 6.24. The summed E-state index contributed by atoms with van der Waals surface area (Å²) >= 11 is 15.9. The molecule has 1 aliphatic rings. The first-order valence-corrected chi connectivity index (χ1v) is 7.53. The fourth-order valence-corrected chi connectivity index (χ4v) is 3.72. The van der Waals surface area contributed by atoms with Gasteiger partial charge in [0.1, 0.15) is 0 Å². The Morgan fingerprint density at radius 2 is 1.88 bits per heavy atom. The van der Waals surface area contributed by atoms with Crippen molar-refractivity contribution >= 4 is 39.1 Å². The van der Waals surface area contributed by atoms with E-state index in [1.165, 1.54) is 31.2 Å². The molecule has 0 unspecified atom stereocenters. The average molecular weight is 322 g/mol. The van der Waals surface area contributed by atoms with Gasteiger partial charge >= 0.3 is 0 Å². The molecule has 2 rings (SSSR count). The van der Waals surface area contributed by atoms with Crippen LogP contribution in [-0.4, -0.2) is 5.33 Å². The maximum atomic E-state index is 6.24. The second kappa shape index (κ2) is 5.29. The SMILES string of the molecule is Clc1cccc(CC2(CBr)CCCC2)c1Cl. The Hall–Kier alpha value is 0.280. The topological polar surface area (TPSA) is 0 Å². The van der Waals surface area contributed by atoms with E-state index in [0.717, 1.165) is 16.8 Å². The fourth-order valence-electron chi connectivity index (χ4n) is 2.57. The smallest absolute Gasteiger partial charge is 0.0624 e. The lowest BCUT2D eigenvalue weighted by atomic mass is 9.82. The van der Waals surface area contributed by atoms with Crippen LogP contribution in [-0.2, 0) is 6.42 Å². The van der Waals surface area contributed by atoms with Crippen molar-refractivity contribution in [3.05, 3.63) is 33.8 Å². The van der Waals surface area contributed by atoms with Gasteiger partial charge in [-0.15, -0.1) is 0 Å². The van der Waals surface area contributed by atoms with Crippen LogP contribution >= 0.6 is 39.1 Å². The Kier molecular flexibility index (Phi) is 4.21. The fraction of sp³-hybridized carbons (Fsp3) is 0.538. The van der Waals surface area contributed by atoms with E-state index in [2.05, 4.69) is 22.0 Å². The molecule has 3 heteroatoms. The van der Waals surface area contributed by atoms with Gasteiger partial charge in [0, 0.05) is 5.33 Å². The van der Waals surface area contributed by atoms with Gasteiger partial charge in [-0.05, 0) is 36.3 Å². The van der Waals surface area contributed by atoms with Crippen molar-refractivity contribution in [2.45, 2.75) is 32.1 Å². The first-order valence-electron chi connectivity index (χ1n) is 5.66. The van der Waals surface area contributed by atoms with Gasteiger partial charge in [0.15, 0.2) is 0 Å². The lowest BCUT2D eigenvalue weighted by Gasteiger charge is -2.27. The lowest BCUT2D eigenvalue weighted by molar-refractivity contribution is 0.347. The first kappa shape index (κ1) is 12.7. The van der Waals surface area contributed by atoms with Crippen molar-refractivity contribution in [3.8, 4) is 0 Å². The summed E-state index contributed by atoms with van der Waals surface area (Å²) in [5.74, 6) is 0. The van der Waals surface area contributed by atoms with Crippen molar-refractivity contribution in [1.29, 1.82) is 0 Å². The summed E-state index contributed by atoms with van der Waals surface area (Å²) < 4.78 is 0. The molecule has 1 aromatic rings. The van der Waals surface area contributed by atoms with Crippen LogP contribution in [0.2, 0.25) is 10.0 Å². The predicted octanol–water partition coefficient (Wildman–Crippen LogP) is 5.49. The number of hydrogen-bond acceptors (Lipinski definition) is 0. The minimum Gasteiger partial charge on any atom is -0.0922 e. The van der Waals surface area contributed by atoms with Crippen molar-refractivity contribution in [3.63, 3.8) is 0 Å². The molecular formula is C13H15BrCl2. The molecule has 1 saturated carbocycles. The molecule has 0 saturated heterocycles.